The van der Waals surface area contributed by atoms with Gasteiger partial charge in [-0.05, 0) is 32.2 Å². The van der Waals surface area contributed by atoms with Crippen molar-refractivity contribution in [3.05, 3.63) is 42.5 Å². The maximum absolute atomic E-state index is 11.9. The van der Waals surface area contributed by atoms with Crippen molar-refractivity contribution in [1.82, 2.24) is 0 Å². The van der Waals surface area contributed by atoms with E-state index in [1.165, 1.54) is 0 Å². The molecule has 2 aromatic rings. The van der Waals surface area contributed by atoms with Gasteiger partial charge in [-0.15, -0.1) is 0 Å². The molecule has 0 atom stereocenters. The van der Waals surface area contributed by atoms with E-state index < -0.39 is 5.41 Å². The third kappa shape index (κ3) is 2.47. The summed E-state index contributed by atoms with van der Waals surface area (Å²) in [4.78, 5) is 11.9. The smallest absolute Gasteiger partial charge is 0.316 e. The molecule has 2 heteroatoms. The minimum absolute atomic E-state index is 0.214. The van der Waals surface area contributed by atoms with E-state index in [1.54, 1.807) is 0 Å². The van der Waals surface area contributed by atoms with Crippen LogP contribution in [0.1, 0.15) is 20.8 Å². The van der Waals surface area contributed by atoms with Gasteiger partial charge < -0.3 is 4.74 Å². The van der Waals surface area contributed by atoms with E-state index in [-0.39, 0.29) is 5.97 Å². The lowest BCUT2D eigenvalue weighted by Gasteiger charge is -2.17. The van der Waals surface area contributed by atoms with Gasteiger partial charge in [0.1, 0.15) is 5.75 Å². The second kappa shape index (κ2) is 4.21. The number of fused-ring (bicyclic) bond motifs is 1. The molecular weight excluding hydrogens is 212 g/mol. The molecule has 0 aliphatic heterocycles. The lowest BCUT2D eigenvalue weighted by atomic mass is 9.97. The molecule has 0 saturated carbocycles. The molecule has 0 aliphatic carbocycles. The van der Waals surface area contributed by atoms with Crippen molar-refractivity contribution in [2.45, 2.75) is 20.8 Å². The number of carbonyl (C=O) groups excluding carboxylic acids is 1. The fourth-order valence-corrected chi connectivity index (χ4v) is 1.54. The summed E-state index contributed by atoms with van der Waals surface area (Å²) in [5.74, 6) is 0.414. The van der Waals surface area contributed by atoms with Gasteiger partial charge in [-0.1, -0.05) is 36.4 Å². The number of rotatable bonds is 1. The Balaban J connectivity index is 2.40. The SMILES string of the molecule is CC(C)(C)C(=O)Oc1cccc2ccccc12. The van der Waals surface area contributed by atoms with Crippen LogP contribution >= 0.6 is 0 Å². The first-order valence-corrected chi connectivity index (χ1v) is 5.68. The van der Waals surface area contributed by atoms with E-state index in [2.05, 4.69) is 0 Å². The van der Waals surface area contributed by atoms with Crippen molar-refractivity contribution in [3.63, 3.8) is 0 Å². The molecule has 2 aromatic carbocycles. The first-order chi connectivity index (χ1) is 7.98. The maximum Gasteiger partial charge on any atom is 0.316 e. The van der Waals surface area contributed by atoms with E-state index in [1.807, 2.05) is 63.2 Å². The van der Waals surface area contributed by atoms with Gasteiger partial charge in [-0.3, -0.25) is 4.79 Å². The molecule has 2 nitrogen and oxygen atoms in total. The Morgan fingerprint density at radius 3 is 2.35 bits per heavy atom. The Morgan fingerprint density at radius 2 is 1.65 bits per heavy atom. The second-order valence-electron chi connectivity index (χ2n) is 5.12. The third-order valence-corrected chi connectivity index (χ3v) is 2.56. The van der Waals surface area contributed by atoms with Gasteiger partial charge >= 0.3 is 5.97 Å². The molecule has 0 aromatic heterocycles. The summed E-state index contributed by atoms with van der Waals surface area (Å²) in [6.45, 7) is 5.54. The zero-order valence-electron chi connectivity index (χ0n) is 10.4. The molecule has 0 bridgehead atoms. The summed E-state index contributed by atoms with van der Waals surface area (Å²) in [5, 5.41) is 2.04. The predicted molar refractivity (Wildman–Crippen MR) is 69.0 cm³/mol. The highest BCUT2D eigenvalue weighted by Crippen LogP contribution is 2.27. The van der Waals surface area contributed by atoms with Crippen LogP contribution < -0.4 is 4.74 Å². The van der Waals surface area contributed by atoms with Gasteiger partial charge in [0.25, 0.3) is 0 Å². The monoisotopic (exact) mass is 228 g/mol. The molecule has 0 heterocycles. The molecule has 0 unspecified atom stereocenters. The Labute approximate surface area is 101 Å². The van der Waals surface area contributed by atoms with Crippen LogP contribution in [0.25, 0.3) is 10.8 Å². The molecule has 0 spiro atoms. The predicted octanol–water partition coefficient (Wildman–Crippen LogP) is 3.79. The van der Waals surface area contributed by atoms with Crippen molar-refractivity contribution in [2.75, 3.05) is 0 Å². The van der Waals surface area contributed by atoms with Crippen LogP contribution in [0.2, 0.25) is 0 Å². The number of ether oxygens (including phenoxy) is 1. The summed E-state index contributed by atoms with van der Waals surface area (Å²) < 4.78 is 5.45. The van der Waals surface area contributed by atoms with Crippen molar-refractivity contribution >= 4 is 16.7 Å². The highest BCUT2D eigenvalue weighted by Gasteiger charge is 2.24. The van der Waals surface area contributed by atoms with Crippen molar-refractivity contribution in [3.8, 4) is 5.75 Å². The number of carbonyl (C=O) groups is 1. The van der Waals surface area contributed by atoms with Gasteiger partial charge in [0, 0.05) is 5.39 Å². The summed E-state index contributed by atoms with van der Waals surface area (Å²) in [6.07, 6.45) is 0. The molecule has 88 valence electrons. The largest absolute Gasteiger partial charge is 0.425 e. The molecule has 0 saturated heterocycles. The average molecular weight is 228 g/mol. The van der Waals surface area contributed by atoms with Crippen LogP contribution in [0.5, 0.6) is 5.75 Å². The second-order valence-corrected chi connectivity index (χ2v) is 5.12. The van der Waals surface area contributed by atoms with E-state index in [9.17, 15) is 4.79 Å². The van der Waals surface area contributed by atoms with Gasteiger partial charge in [0.15, 0.2) is 0 Å². The standard InChI is InChI=1S/C15H16O2/c1-15(2,3)14(16)17-13-10-6-8-11-7-4-5-9-12(11)13/h4-10H,1-3H3. The lowest BCUT2D eigenvalue weighted by molar-refractivity contribution is -0.142. The van der Waals surface area contributed by atoms with Crippen LogP contribution in [0.15, 0.2) is 42.5 Å². The van der Waals surface area contributed by atoms with Gasteiger partial charge in [-0.2, -0.15) is 0 Å². The quantitative estimate of drug-likeness (QED) is 0.548. The molecular formula is C15H16O2. The number of esters is 1. The molecule has 17 heavy (non-hydrogen) atoms. The van der Waals surface area contributed by atoms with Crippen LogP contribution in [0.4, 0.5) is 0 Å². The average Bonchev–Trinajstić information content (AvgIpc) is 2.28. The van der Waals surface area contributed by atoms with E-state index in [4.69, 9.17) is 4.74 Å². The fourth-order valence-electron chi connectivity index (χ4n) is 1.54. The van der Waals surface area contributed by atoms with Crippen LogP contribution in [0, 0.1) is 5.41 Å². The van der Waals surface area contributed by atoms with Crippen LogP contribution in [-0.2, 0) is 4.79 Å². The Morgan fingerprint density at radius 1 is 1.00 bits per heavy atom. The van der Waals surface area contributed by atoms with E-state index in [0.29, 0.717) is 5.75 Å². The summed E-state index contributed by atoms with van der Waals surface area (Å²) >= 11 is 0. The van der Waals surface area contributed by atoms with Crippen LogP contribution in [0.3, 0.4) is 0 Å². The van der Waals surface area contributed by atoms with Gasteiger partial charge in [-0.25, -0.2) is 0 Å². The highest BCUT2D eigenvalue weighted by molar-refractivity contribution is 5.91. The molecule has 2 rings (SSSR count). The fraction of sp³-hybridized carbons (Fsp3) is 0.267. The van der Waals surface area contributed by atoms with Crippen molar-refractivity contribution < 1.29 is 9.53 Å². The molecule has 0 radical (unpaired) electrons. The highest BCUT2D eigenvalue weighted by atomic mass is 16.5. The normalized spacial score (nSPS) is 11.5. The Bertz CT molecular complexity index is 545. The third-order valence-electron chi connectivity index (χ3n) is 2.56. The molecule has 0 fully saturated rings. The van der Waals surface area contributed by atoms with Crippen molar-refractivity contribution in [2.24, 2.45) is 5.41 Å². The van der Waals surface area contributed by atoms with Crippen LogP contribution in [-0.4, -0.2) is 5.97 Å². The Kier molecular flexibility index (Phi) is 2.88. The minimum Gasteiger partial charge on any atom is -0.425 e. The first kappa shape index (κ1) is 11.6. The summed E-state index contributed by atoms with van der Waals surface area (Å²) in [6, 6.07) is 13.6. The van der Waals surface area contributed by atoms with Gasteiger partial charge in [0.05, 0.1) is 5.41 Å². The van der Waals surface area contributed by atoms with E-state index in [0.717, 1.165) is 10.8 Å². The van der Waals surface area contributed by atoms with E-state index >= 15 is 0 Å². The summed E-state index contributed by atoms with van der Waals surface area (Å²) in [7, 11) is 0. The lowest BCUT2D eigenvalue weighted by Crippen LogP contribution is -2.25. The number of hydrogen-bond acceptors (Lipinski definition) is 2. The number of hydrogen-bond donors (Lipinski definition) is 0. The molecule has 0 aliphatic rings. The van der Waals surface area contributed by atoms with Gasteiger partial charge in [0.2, 0.25) is 0 Å². The van der Waals surface area contributed by atoms with Crippen molar-refractivity contribution in [1.29, 1.82) is 0 Å². The topological polar surface area (TPSA) is 26.3 Å². The maximum atomic E-state index is 11.9. The zero-order valence-corrected chi connectivity index (χ0v) is 10.4. The summed E-state index contributed by atoms with van der Waals surface area (Å²) in [5.41, 5.74) is -0.489. The molecule has 0 N–H and O–H groups in total. The molecule has 0 amide bonds. The zero-order chi connectivity index (χ0) is 12.5. The number of benzene rings is 2. The minimum atomic E-state index is -0.489. The first-order valence-electron chi connectivity index (χ1n) is 5.68. The Hall–Kier alpha value is -1.83.